The molecule has 94 valence electrons. The largest absolute Gasteiger partial charge is 0.271 e. The maximum absolute atomic E-state index is 6.06. The van der Waals surface area contributed by atoms with Crippen LogP contribution in [0.1, 0.15) is 22.7 Å². The van der Waals surface area contributed by atoms with Gasteiger partial charge in [-0.2, -0.15) is 0 Å². The zero-order chi connectivity index (χ0) is 13.1. The van der Waals surface area contributed by atoms with Crippen LogP contribution >= 0.6 is 34.2 Å². The van der Waals surface area contributed by atoms with Gasteiger partial charge in [-0.3, -0.25) is 5.84 Å². The fraction of sp³-hybridized carbons (Fsp3) is 0.143. The molecule has 0 saturated carbocycles. The highest BCUT2D eigenvalue weighted by molar-refractivity contribution is 14.1. The van der Waals surface area contributed by atoms with Crippen molar-refractivity contribution in [2.45, 2.75) is 13.0 Å². The first-order valence-electron chi connectivity index (χ1n) is 5.59. The summed E-state index contributed by atoms with van der Waals surface area (Å²) in [6.07, 6.45) is 0. The van der Waals surface area contributed by atoms with Gasteiger partial charge >= 0.3 is 0 Å². The zero-order valence-electron chi connectivity index (χ0n) is 9.95. The summed E-state index contributed by atoms with van der Waals surface area (Å²) in [5.74, 6) is 5.70. The van der Waals surface area contributed by atoms with Gasteiger partial charge in [0, 0.05) is 8.59 Å². The fourth-order valence-electron chi connectivity index (χ4n) is 1.86. The van der Waals surface area contributed by atoms with Crippen molar-refractivity contribution in [1.82, 2.24) is 5.43 Å². The minimum Gasteiger partial charge on any atom is -0.271 e. The molecule has 0 fully saturated rings. The molecular formula is C14H14ClIN2. The molecule has 1 atom stereocenters. The molecule has 0 amide bonds. The molecule has 0 aromatic heterocycles. The van der Waals surface area contributed by atoms with E-state index in [1.807, 2.05) is 18.2 Å². The van der Waals surface area contributed by atoms with E-state index in [-0.39, 0.29) is 6.04 Å². The Hall–Kier alpha value is -0.620. The lowest BCUT2D eigenvalue weighted by Gasteiger charge is -2.19. The molecule has 18 heavy (non-hydrogen) atoms. The van der Waals surface area contributed by atoms with Gasteiger partial charge in [-0.05, 0) is 58.8 Å². The van der Waals surface area contributed by atoms with Crippen molar-refractivity contribution in [2.24, 2.45) is 5.84 Å². The second-order valence-electron chi connectivity index (χ2n) is 4.18. The Bertz CT molecular complexity index is 540. The summed E-state index contributed by atoms with van der Waals surface area (Å²) in [6, 6.07) is 14.1. The van der Waals surface area contributed by atoms with Gasteiger partial charge in [0.05, 0.1) is 6.04 Å². The van der Waals surface area contributed by atoms with Crippen LogP contribution in [0.25, 0.3) is 0 Å². The van der Waals surface area contributed by atoms with E-state index in [1.165, 1.54) is 5.56 Å². The molecule has 2 nitrogen and oxygen atoms in total. The Labute approximate surface area is 126 Å². The first-order valence-corrected chi connectivity index (χ1v) is 7.05. The SMILES string of the molecule is Cc1ccc(C(NN)c2cc(Cl)ccc2I)cc1. The molecule has 2 rings (SSSR count). The maximum atomic E-state index is 6.06. The first-order chi connectivity index (χ1) is 8.61. The van der Waals surface area contributed by atoms with Crippen LogP contribution in [-0.2, 0) is 0 Å². The van der Waals surface area contributed by atoms with Gasteiger partial charge in [0.25, 0.3) is 0 Å². The molecule has 0 aliphatic heterocycles. The molecular weight excluding hydrogens is 359 g/mol. The predicted molar refractivity (Wildman–Crippen MR) is 84.5 cm³/mol. The molecule has 1 unspecified atom stereocenters. The van der Waals surface area contributed by atoms with E-state index in [0.717, 1.165) is 19.7 Å². The van der Waals surface area contributed by atoms with E-state index in [2.05, 4.69) is 59.2 Å². The molecule has 4 heteroatoms. The summed E-state index contributed by atoms with van der Waals surface area (Å²) in [7, 11) is 0. The lowest BCUT2D eigenvalue weighted by Crippen LogP contribution is -2.29. The lowest BCUT2D eigenvalue weighted by atomic mass is 9.98. The van der Waals surface area contributed by atoms with Crippen molar-refractivity contribution in [2.75, 3.05) is 0 Å². The summed E-state index contributed by atoms with van der Waals surface area (Å²) in [5, 5.41) is 0.720. The third-order valence-corrected chi connectivity index (χ3v) is 4.06. The van der Waals surface area contributed by atoms with Crippen LogP contribution in [-0.4, -0.2) is 0 Å². The van der Waals surface area contributed by atoms with Crippen molar-refractivity contribution in [1.29, 1.82) is 0 Å². The van der Waals surface area contributed by atoms with E-state index < -0.39 is 0 Å². The number of hydrazine groups is 1. The van der Waals surface area contributed by atoms with Crippen LogP contribution < -0.4 is 11.3 Å². The van der Waals surface area contributed by atoms with Gasteiger partial charge < -0.3 is 0 Å². The molecule has 0 heterocycles. The van der Waals surface area contributed by atoms with Crippen LogP contribution in [0.2, 0.25) is 5.02 Å². The van der Waals surface area contributed by atoms with Crippen molar-refractivity contribution in [3.05, 3.63) is 67.7 Å². The van der Waals surface area contributed by atoms with Gasteiger partial charge in [0.1, 0.15) is 0 Å². The summed E-state index contributed by atoms with van der Waals surface area (Å²) in [4.78, 5) is 0. The van der Waals surface area contributed by atoms with E-state index in [0.29, 0.717) is 0 Å². The summed E-state index contributed by atoms with van der Waals surface area (Å²) in [5.41, 5.74) is 6.31. The van der Waals surface area contributed by atoms with Gasteiger partial charge in [-0.15, -0.1) is 0 Å². The normalized spacial score (nSPS) is 12.4. The number of rotatable bonds is 3. The highest BCUT2D eigenvalue weighted by Crippen LogP contribution is 2.28. The highest BCUT2D eigenvalue weighted by Gasteiger charge is 2.15. The van der Waals surface area contributed by atoms with Crippen LogP contribution in [0.3, 0.4) is 0 Å². The standard InChI is InChI=1S/C14H14ClIN2/c1-9-2-4-10(5-3-9)14(18-17)12-8-11(15)6-7-13(12)16/h2-8,14,18H,17H2,1H3. The number of aryl methyl sites for hydroxylation is 1. The Kier molecular flexibility index (Phi) is 4.61. The second-order valence-corrected chi connectivity index (χ2v) is 5.77. The fourth-order valence-corrected chi connectivity index (χ4v) is 2.69. The van der Waals surface area contributed by atoms with Crippen molar-refractivity contribution < 1.29 is 0 Å². The van der Waals surface area contributed by atoms with Gasteiger partial charge in [-0.25, -0.2) is 5.43 Å². The molecule has 0 saturated heterocycles. The molecule has 0 aliphatic rings. The third-order valence-electron chi connectivity index (χ3n) is 2.85. The van der Waals surface area contributed by atoms with E-state index in [9.17, 15) is 0 Å². The third kappa shape index (κ3) is 3.03. The first kappa shape index (κ1) is 13.8. The Morgan fingerprint density at radius 3 is 2.44 bits per heavy atom. The average Bonchev–Trinajstić information content (AvgIpc) is 2.37. The van der Waals surface area contributed by atoms with Crippen molar-refractivity contribution >= 4 is 34.2 Å². The van der Waals surface area contributed by atoms with Crippen molar-refractivity contribution in [3.63, 3.8) is 0 Å². The van der Waals surface area contributed by atoms with Gasteiger partial charge in [0.2, 0.25) is 0 Å². The van der Waals surface area contributed by atoms with Crippen molar-refractivity contribution in [3.8, 4) is 0 Å². The summed E-state index contributed by atoms with van der Waals surface area (Å²) in [6.45, 7) is 2.07. The number of nitrogens with one attached hydrogen (secondary N) is 1. The van der Waals surface area contributed by atoms with Crippen LogP contribution in [0.4, 0.5) is 0 Å². The average molecular weight is 373 g/mol. The summed E-state index contributed by atoms with van der Waals surface area (Å²) >= 11 is 8.35. The zero-order valence-corrected chi connectivity index (χ0v) is 12.9. The molecule has 0 bridgehead atoms. The Balaban J connectivity index is 2.44. The monoisotopic (exact) mass is 372 g/mol. The molecule has 0 aliphatic carbocycles. The molecule has 2 aromatic rings. The van der Waals surface area contributed by atoms with Gasteiger partial charge in [-0.1, -0.05) is 41.4 Å². The van der Waals surface area contributed by atoms with Crippen LogP contribution in [0, 0.1) is 10.5 Å². The quantitative estimate of drug-likeness (QED) is 0.488. The molecule has 0 radical (unpaired) electrons. The van der Waals surface area contributed by atoms with E-state index in [4.69, 9.17) is 17.4 Å². The number of nitrogens with two attached hydrogens (primary N) is 1. The second kappa shape index (κ2) is 6.02. The molecule has 2 aromatic carbocycles. The minimum absolute atomic E-state index is 0.0452. The molecule has 3 N–H and O–H groups in total. The van der Waals surface area contributed by atoms with E-state index >= 15 is 0 Å². The highest BCUT2D eigenvalue weighted by atomic mass is 127. The number of benzene rings is 2. The minimum atomic E-state index is -0.0452. The Morgan fingerprint density at radius 1 is 1.17 bits per heavy atom. The number of halogens is 2. The predicted octanol–water partition coefficient (Wildman–Crippen LogP) is 3.81. The van der Waals surface area contributed by atoms with Gasteiger partial charge in [0.15, 0.2) is 0 Å². The Morgan fingerprint density at radius 2 is 1.83 bits per heavy atom. The molecule has 0 spiro atoms. The summed E-state index contributed by atoms with van der Waals surface area (Å²) < 4.78 is 1.14. The van der Waals surface area contributed by atoms with Crippen LogP contribution in [0.5, 0.6) is 0 Å². The number of hydrogen-bond donors (Lipinski definition) is 2. The van der Waals surface area contributed by atoms with Crippen LogP contribution in [0.15, 0.2) is 42.5 Å². The topological polar surface area (TPSA) is 38.0 Å². The lowest BCUT2D eigenvalue weighted by molar-refractivity contribution is 0.634. The van der Waals surface area contributed by atoms with E-state index in [1.54, 1.807) is 0 Å². The number of hydrogen-bond acceptors (Lipinski definition) is 2. The maximum Gasteiger partial charge on any atom is 0.0720 e. The smallest absolute Gasteiger partial charge is 0.0720 e.